The Morgan fingerprint density at radius 2 is 2.12 bits per heavy atom. The lowest BCUT2D eigenvalue weighted by atomic mass is 10.1. The highest BCUT2D eigenvalue weighted by Crippen LogP contribution is 2.20. The number of aliphatic hydroxyl groups excluding tert-OH is 1. The molecule has 0 saturated carbocycles. The van der Waals surface area contributed by atoms with Crippen LogP contribution >= 0.6 is 0 Å². The quantitative estimate of drug-likeness (QED) is 0.831. The number of hydrogen-bond donors (Lipinski definition) is 1. The molecule has 4 nitrogen and oxygen atoms in total. The van der Waals surface area contributed by atoms with Crippen LogP contribution in [-0.2, 0) is 4.74 Å². The van der Waals surface area contributed by atoms with Crippen molar-refractivity contribution in [2.24, 2.45) is 0 Å². The van der Waals surface area contributed by atoms with Gasteiger partial charge in [0.2, 0.25) is 0 Å². The molecule has 2 unspecified atom stereocenters. The van der Waals surface area contributed by atoms with Gasteiger partial charge in [0.25, 0.3) is 0 Å². The van der Waals surface area contributed by atoms with E-state index >= 15 is 0 Å². The molecule has 1 saturated heterocycles. The van der Waals surface area contributed by atoms with E-state index in [-0.39, 0.29) is 18.8 Å². The predicted molar refractivity (Wildman–Crippen MR) is 64.8 cm³/mol. The van der Waals surface area contributed by atoms with E-state index in [1.807, 2.05) is 31.2 Å². The van der Waals surface area contributed by atoms with Crippen molar-refractivity contribution < 1.29 is 9.84 Å². The van der Waals surface area contributed by atoms with Crippen molar-refractivity contribution in [3.63, 3.8) is 0 Å². The minimum Gasteiger partial charge on any atom is -0.394 e. The Morgan fingerprint density at radius 3 is 2.71 bits per heavy atom. The van der Waals surface area contributed by atoms with Crippen LogP contribution in [0.15, 0.2) is 24.3 Å². The molecule has 0 radical (unpaired) electrons. The lowest BCUT2D eigenvalue weighted by Gasteiger charge is -2.37. The van der Waals surface area contributed by atoms with E-state index in [1.54, 1.807) is 0 Å². The van der Waals surface area contributed by atoms with Gasteiger partial charge in [-0.3, -0.25) is 0 Å². The van der Waals surface area contributed by atoms with Crippen LogP contribution in [0.1, 0.15) is 12.5 Å². The normalized spacial score (nSPS) is 24.4. The number of nitrogens with zero attached hydrogens (tertiary/aromatic N) is 2. The van der Waals surface area contributed by atoms with Gasteiger partial charge >= 0.3 is 0 Å². The van der Waals surface area contributed by atoms with Crippen molar-refractivity contribution in [3.8, 4) is 6.07 Å². The number of nitriles is 1. The highest BCUT2D eigenvalue weighted by molar-refractivity contribution is 5.50. The van der Waals surface area contributed by atoms with Gasteiger partial charge in [0.05, 0.1) is 30.4 Å². The summed E-state index contributed by atoms with van der Waals surface area (Å²) >= 11 is 0. The number of aliphatic hydroxyl groups is 1. The second-order valence-corrected chi connectivity index (χ2v) is 4.31. The van der Waals surface area contributed by atoms with E-state index in [9.17, 15) is 0 Å². The van der Waals surface area contributed by atoms with Crippen LogP contribution in [0.2, 0.25) is 0 Å². The van der Waals surface area contributed by atoms with Gasteiger partial charge in [-0.25, -0.2) is 0 Å². The SMILES string of the molecule is CC1CN(c2ccc(C#N)cc2)CC(CO)O1. The third kappa shape index (κ3) is 2.76. The minimum absolute atomic E-state index is 0.0388. The first-order chi connectivity index (χ1) is 8.22. The minimum atomic E-state index is -0.130. The van der Waals surface area contributed by atoms with Crippen molar-refractivity contribution in [3.05, 3.63) is 29.8 Å². The van der Waals surface area contributed by atoms with Gasteiger partial charge < -0.3 is 14.7 Å². The topological polar surface area (TPSA) is 56.5 Å². The van der Waals surface area contributed by atoms with Crippen LogP contribution in [0, 0.1) is 11.3 Å². The fraction of sp³-hybridized carbons (Fsp3) is 0.462. The van der Waals surface area contributed by atoms with Crippen molar-refractivity contribution in [1.29, 1.82) is 5.26 Å². The van der Waals surface area contributed by atoms with E-state index in [4.69, 9.17) is 15.1 Å². The Labute approximate surface area is 101 Å². The van der Waals surface area contributed by atoms with E-state index in [1.165, 1.54) is 0 Å². The van der Waals surface area contributed by atoms with Crippen LogP contribution in [0.4, 0.5) is 5.69 Å². The van der Waals surface area contributed by atoms with E-state index < -0.39 is 0 Å². The smallest absolute Gasteiger partial charge is 0.0991 e. The summed E-state index contributed by atoms with van der Waals surface area (Å²) in [6, 6.07) is 9.59. The number of anilines is 1. The van der Waals surface area contributed by atoms with Crippen LogP contribution < -0.4 is 4.90 Å². The Morgan fingerprint density at radius 1 is 1.41 bits per heavy atom. The molecule has 1 aliphatic rings. The first-order valence-corrected chi connectivity index (χ1v) is 5.74. The molecule has 0 amide bonds. The Kier molecular flexibility index (Phi) is 3.62. The predicted octanol–water partition coefficient (Wildman–Crippen LogP) is 1.14. The van der Waals surface area contributed by atoms with Gasteiger partial charge in [-0.1, -0.05) is 0 Å². The van der Waals surface area contributed by atoms with Crippen LogP contribution in [0.3, 0.4) is 0 Å². The third-order valence-corrected chi connectivity index (χ3v) is 2.89. The molecule has 0 aromatic heterocycles. The second-order valence-electron chi connectivity index (χ2n) is 4.31. The number of morpholine rings is 1. The number of rotatable bonds is 2. The molecule has 2 rings (SSSR count). The van der Waals surface area contributed by atoms with Gasteiger partial charge in [0, 0.05) is 18.8 Å². The average Bonchev–Trinajstić information content (AvgIpc) is 2.38. The summed E-state index contributed by atoms with van der Waals surface area (Å²) in [4.78, 5) is 2.18. The fourth-order valence-electron chi connectivity index (χ4n) is 2.10. The van der Waals surface area contributed by atoms with Crippen LogP contribution in [-0.4, -0.2) is 37.0 Å². The van der Waals surface area contributed by atoms with E-state index in [0.29, 0.717) is 12.1 Å². The third-order valence-electron chi connectivity index (χ3n) is 2.89. The van der Waals surface area contributed by atoms with Crippen molar-refractivity contribution in [2.45, 2.75) is 19.1 Å². The molecule has 1 N–H and O–H groups in total. The Bertz CT molecular complexity index is 410. The molecular formula is C13H16N2O2. The molecule has 4 heteroatoms. The molecule has 2 atom stereocenters. The van der Waals surface area contributed by atoms with Gasteiger partial charge in [-0.05, 0) is 31.2 Å². The first-order valence-electron chi connectivity index (χ1n) is 5.74. The summed E-state index contributed by atoms with van der Waals surface area (Å²) < 4.78 is 5.59. The van der Waals surface area contributed by atoms with E-state index in [2.05, 4.69) is 11.0 Å². The first kappa shape index (κ1) is 11.9. The van der Waals surface area contributed by atoms with E-state index in [0.717, 1.165) is 12.2 Å². The molecule has 0 aliphatic carbocycles. The summed E-state index contributed by atoms with van der Waals surface area (Å²) in [5.41, 5.74) is 1.73. The summed E-state index contributed by atoms with van der Waals surface area (Å²) in [5.74, 6) is 0. The van der Waals surface area contributed by atoms with Crippen LogP contribution in [0.5, 0.6) is 0 Å². The molecule has 1 aromatic rings. The molecular weight excluding hydrogens is 216 g/mol. The standard InChI is InChI=1S/C13H16N2O2/c1-10-7-15(8-13(9-16)17-10)12-4-2-11(6-14)3-5-12/h2-5,10,13,16H,7-9H2,1H3. The molecule has 17 heavy (non-hydrogen) atoms. The van der Waals surface area contributed by atoms with Crippen LogP contribution in [0.25, 0.3) is 0 Å². The van der Waals surface area contributed by atoms with Gasteiger partial charge in [0.1, 0.15) is 0 Å². The molecule has 1 heterocycles. The lowest BCUT2D eigenvalue weighted by molar-refractivity contribution is -0.0421. The fourth-order valence-corrected chi connectivity index (χ4v) is 2.10. The number of hydrogen-bond acceptors (Lipinski definition) is 4. The van der Waals surface area contributed by atoms with Crippen molar-refractivity contribution in [2.75, 3.05) is 24.6 Å². The Hall–Kier alpha value is -1.57. The molecule has 1 aliphatic heterocycles. The van der Waals surface area contributed by atoms with Gasteiger partial charge in [-0.15, -0.1) is 0 Å². The summed E-state index contributed by atoms with van der Waals surface area (Å²) in [7, 11) is 0. The van der Waals surface area contributed by atoms with Gasteiger partial charge in [-0.2, -0.15) is 5.26 Å². The highest BCUT2D eigenvalue weighted by Gasteiger charge is 2.24. The summed E-state index contributed by atoms with van der Waals surface area (Å²) in [6.07, 6.45) is -0.0223. The number of ether oxygens (including phenoxy) is 1. The van der Waals surface area contributed by atoms with Crippen molar-refractivity contribution in [1.82, 2.24) is 0 Å². The van der Waals surface area contributed by atoms with Gasteiger partial charge in [0.15, 0.2) is 0 Å². The summed E-state index contributed by atoms with van der Waals surface area (Å²) in [5, 5.41) is 17.9. The molecule has 1 fully saturated rings. The maximum atomic E-state index is 9.16. The maximum absolute atomic E-state index is 9.16. The molecule has 0 bridgehead atoms. The zero-order valence-corrected chi connectivity index (χ0v) is 9.84. The summed E-state index contributed by atoms with van der Waals surface area (Å²) in [6.45, 7) is 3.53. The lowest BCUT2D eigenvalue weighted by Crippen LogP contribution is -2.48. The highest BCUT2D eigenvalue weighted by atomic mass is 16.5. The maximum Gasteiger partial charge on any atom is 0.0991 e. The Balaban J connectivity index is 2.12. The molecule has 1 aromatic carbocycles. The zero-order chi connectivity index (χ0) is 12.3. The largest absolute Gasteiger partial charge is 0.394 e. The molecule has 0 spiro atoms. The zero-order valence-electron chi connectivity index (χ0n) is 9.84. The van der Waals surface area contributed by atoms with Crippen molar-refractivity contribution >= 4 is 5.69 Å². The monoisotopic (exact) mass is 232 g/mol. The average molecular weight is 232 g/mol. The molecule has 90 valence electrons. The number of benzene rings is 1. The second kappa shape index (κ2) is 5.17.